The lowest BCUT2D eigenvalue weighted by molar-refractivity contribution is -0.138. The number of hydrogen-bond donors (Lipinski definition) is 0. The van der Waals surface area contributed by atoms with Gasteiger partial charge in [0.1, 0.15) is 0 Å². The van der Waals surface area contributed by atoms with Gasteiger partial charge in [-0.25, -0.2) is 0 Å². The predicted molar refractivity (Wildman–Crippen MR) is 53.2 cm³/mol. The largest absolute Gasteiger partial charge is 0.419 e. The zero-order valence-corrected chi connectivity index (χ0v) is 9.36. The highest BCUT2D eigenvalue weighted by Gasteiger charge is 2.39. The fourth-order valence-corrected chi connectivity index (χ4v) is 2.28. The molecule has 1 heterocycles. The van der Waals surface area contributed by atoms with Gasteiger partial charge in [-0.2, -0.15) is 18.3 Å². The third kappa shape index (κ3) is 2.00. The van der Waals surface area contributed by atoms with Crippen LogP contribution in [0.2, 0.25) is 5.15 Å². The molecule has 1 atom stereocenters. The molecule has 1 aliphatic rings. The van der Waals surface area contributed by atoms with E-state index in [-0.39, 0.29) is 11.5 Å². The van der Waals surface area contributed by atoms with Gasteiger partial charge in [0.25, 0.3) is 0 Å². The van der Waals surface area contributed by atoms with Gasteiger partial charge < -0.3 is 0 Å². The van der Waals surface area contributed by atoms with Crippen LogP contribution < -0.4 is 0 Å². The minimum Gasteiger partial charge on any atom is -0.166 e. The third-order valence-corrected chi connectivity index (χ3v) is 3.09. The summed E-state index contributed by atoms with van der Waals surface area (Å²) in [6.07, 6.45) is -2.68. The second-order valence-electron chi connectivity index (χ2n) is 4.14. The molecule has 0 spiro atoms. The first-order chi connectivity index (χ1) is 7.39. The maximum absolute atomic E-state index is 12.8. The molecule has 0 fully saturated rings. The maximum Gasteiger partial charge on any atom is 0.419 e. The average molecular weight is 251 g/mol. The second kappa shape index (κ2) is 3.87. The fraction of sp³-hybridized carbons (Fsp3) is 0.600. The molecule has 0 N–H and O–H groups in total. The SMILES string of the molecule is CC1CCc2nnc(Cl)c(C(F)(F)F)c2C1. The van der Waals surface area contributed by atoms with Gasteiger partial charge in [-0.3, -0.25) is 0 Å². The summed E-state index contributed by atoms with van der Waals surface area (Å²) in [5.41, 5.74) is -0.133. The lowest BCUT2D eigenvalue weighted by Gasteiger charge is -2.23. The van der Waals surface area contributed by atoms with Crippen LogP contribution in [0.4, 0.5) is 13.2 Å². The molecule has 2 nitrogen and oxygen atoms in total. The van der Waals surface area contributed by atoms with Crippen molar-refractivity contribution in [3.05, 3.63) is 22.0 Å². The third-order valence-electron chi connectivity index (χ3n) is 2.82. The van der Waals surface area contributed by atoms with Crippen LogP contribution in [0, 0.1) is 5.92 Å². The van der Waals surface area contributed by atoms with Gasteiger partial charge >= 0.3 is 6.18 Å². The Hall–Kier alpha value is -0.840. The van der Waals surface area contributed by atoms with E-state index in [4.69, 9.17) is 11.6 Å². The first-order valence-corrected chi connectivity index (χ1v) is 5.38. The monoisotopic (exact) mass is 250 g/mol. The fourth-order valence-electron chi connectivity index (χ4n) is 2.03. The molecule has 2 rings (SSSR count). The molecule has 1 aromatic rings. The molecule has 16 heavy (non-hydrogen) atoms. The van der Waals surface area contributed by atoms with E-state index >= 15 is 0 Å². The lowest BCUT2D eigenvalue weighted by atomic mass is 9.86. The van der Waals surface area contributed by atoms with Crippen LogP contribution in [0.15, 0.2) is 0 Å². The number of rotatable bonds is 0. The standard InChI is InChI=1S/C10H10ClF3N2/c1-5-2-3-7-6(4-5)8(10(12,13)14)9(11)16-15-7/h5H,2-4H2,1H3. The Morgan fingerprint density at radius 3 is 2.62 bits per heavy atom. The average Bonchev–Trinajstić information content (AvgIpc) is 2.14. The minimum absolute atomic E-state index is 0.228. The topological polar surface area (TPSA) is 25.8 Å². The summed E-state index contributed by atoms with van der Waals surface area (Å²) >= 11 is 5.50. The van der Waals surface area contributed by atoms with E-state index in [0.717, 1.165) is 6.42 Å². The predicted octanol–water partition coefficient (Wildman–Crippen LogP) is 3.27. The van der Waals surface area contributed by atoms with Crippen molar-refractivity contribution < 1.29 is 13.2 Å². The Kier molecular flexibility index (Phi) is 2.82. The Labute approximate surface area is 95.8 Å². The summed E-state index contributed by atoms with van der Waals surface area (Å²) in [4.78, 5) is 0. The van der Waals surface area contributed by atoms with Crippen molar-refractivity contribution in [1.29, 1.82) is 0 Å². The minimum atomic E-state index is -4.45. The van der Waals surface area contributed by atoms with Crippen LogP contribution in [0.3, 0.4) is 0 Å². The van der Waals surface area contributed by atoms with E-state index in [1.165, 1.54) is 0 Å². The normalized spacial score (nSPS) is 20.7. The van der Waals surface area contributed by atoms with Crippen molar-refractivity contribution in [3.8, 4) is 0 Å². The number of halogens is 4. The Bertz CT molecular complexity index is 417. The number of fused-ring (bicyclic) bond motifs is 1. The van der Waals surface area contributed by atoms with Gasteiger partial charge in [0.15, 0.2) is 5.15 Å². The van der Waals surface area contributed by atoms with Crippen LogP contribution in [0.25, 0.3) is 0 Å². The quantitative estimate of drug-likeness (QED) is 0.706. The highest BCUT2D eigenvalue weighted by atomic mass is 35.5. The van der Waals surface area contributed by atoms with Crippen LogP contribution in [0.1, 0.15) is 30.2 Å². The maximum atomic E-state index is 12.8. The van der Waals surface area contributed by atoms with Crippen molar-refractivity contribution in [2.24, 2.45) is 5.92 Å². The van der Waals surface area contributed by atoms with Gasteiger partial charge in [-0.15, -0.1) is 5.10 Å². The zero-order valence-electron chi connectivity index (χ0n) is 8.60. The molecule has 0 aromatic carbocycles. The van der Waals surface area contributed by atoms with E-state index < -0.39 is 16.9 Å². The van der Waals surface area contributed by atoms with E-state index in [0.29, 0.717) is 18.5 Å². The summed E-state index contributed by atoms with van der Waals surface area (Å²) < 4.78 is 38.4. The molecule has 1 aliphatic carbocycles. The molecule has 0 amide bonds. The van der Waals surface area contributed by atoms with Gasteiger partial charge in [0, 0.05) is 0 Å². The summed E-state index contributed by atoms with van der Waals surface area (Å²) in [5, 5.41) is 6.58. The van der Waals surface area contributed by atoms with Crippen LogP contribution >= 0.6 is 11.6 Å². The van der Waals surface area contributed by atoms with Gasteiger partial charge in [0.2, 0.25) is 0 Å². The van der Waals surface area contributed by atoms with Crippen molar-refractivity contribution in [2.45, 2.75) is 32.4 Å². The summed E-state index contributed by atoms with van der Waals surface area (Å²) in [5.74, 6) is 0.230. The number of nitrogens with zero attached hydrogens (tertiary/aromatic N) is 2. The van der Waals surface area contributed by atoms with Gasteiger partial charge in [-0.1, -0.05) is 18.5 Å². The van der Waals surface area contributed by atoms with Crippen molar-refractivity contribution >= 4 is 11.6 Å². The molecule has 6 heteroatoms. The second-order valence-corrected chi connectivity index (χ2v) is 4.49. The van der Waals surface area contributed by atoms with Crippen molar-refractivity contribution in [2.75, 3.05) is 0 Å². The van der Waals surface area contributed by atoms with Crippen molar-refractivity contribution in [3.63, 3.8) is 0 Å². The summed E-state index contributed by atoms with van der Waals surface area (Å²) in [7, 11) is 0. The van der Waals surface area contributed by atoms with E-state index in [2.05, 4.69) is 10.2 Å². The number of aryl methyl sites for hydroxylation is 1. The number of hydrogen-bond acceptors (Lipinski definition) is 2. The summed E-state index contributed by atoms with van der Waals surface area (Å²) in [6.45, 7) is 1.93. The molecule has 1 unspecified atom stereocenters. The molecule has 0 aliphatic heterocycles. The first-order valence-electron chi connectivity index (χ1n) is 5.00. The molecule has 1 aromatic heterocycles. The van der Waals surface area contributed by atoms with Crippen LogP contribution in [-0.2, 0) is 19.0 Å². The van der Waals surface area contributed by atoms with Crippen LogP contribution in [0.5, 0.6) is 0 Å². The van der Waals surface area contributed by atoms with E-state index in [1.54, 1.807) is 0 Å². The lowest BCUT2D eigenvalue weighted by Crippen LogP contribution is -2.21. The molecule has 0 saturated heterocycles. The molecule has 0 bridgehead atoms. The van der Waals surface area contributed by atoms with Gasteiger partial charge in [-0.05, 0) is 30.7 Å². The number of alkyl halides is 3. The molecule has 0 saturated carbocycles. The first kappa shape index (κ1) is 11.6. The molecular weight excluding hydrogens is 241 g/mol. The van der Waals surface area contributed by atoms with E-state index in [1.807, 2.05) is 6.92 Å². The Morgan fingerprint density at radius 1 is 1.31 bits per heavy atom. The highest BCUT2D eigenvalue weighted by Crippen LogP contribution is 2.39. The van der Waals surface area contributed by atoms with E-state index in [9.17, 15) is 13.2 Å². The van der Waals surface area contributed by atoms with Crippen molar-refractivity contribution in [1.82, 2.24) is 10.2 Å². The molecule has 0 radical (unpaired) electrons. The molecular formula is C10H10ClF3N2. The molecule has 88 valence electrons. The number of aromatic nitrogens is 2. The smallest absolute Gasteiger partial charge is 0.166 e. The highest BCUT2D eigenvalue weighted by molar-refractivity contribution is 6.30. The van der Waals surface area contributed by atoms with Gasteiger partial charge in [0.05, 0.1) is 11.3 Å². The van der Waals surface area contributed by atoms with Crippen LogP contribution in [-0.4, -0.2) is 10.2 Å². The Balaban J connectivity index is 2.59. The zero-order chi connectivity index (χ0) is 11.9. The Morgan fingerprint density at radius 2 is 2.00 bits per heavy atom. The summed E-state index contributed by atoms with van der Waals surface area (Å²) in [6, 6.07) is 0.